The predicted molar refractivity (Wildman–Crippen MR) is 136 cm³/mol. The molecule has 168 valence electrons. The predicted octanol–water partition coefficient (Wildman–Crippen LogP) is 3.73. The molecule has 0 aliphatic carbocycles. The summed E-state index contributed by atoms with van der Waals surface area (Å²) in [5.74, 6) is 1.82. The molecule has 0 saturated heterocycles. The van der Waals surface area contributed by atoms with E-state index in [1.54, 1.807) is 7.11 Å². The van der Waals surface area contributed by atoms with Crippen LogP contribution in [0.1, 0.15) is 36.5 Å². The monoisotopic (exact) mass is 536 g/mol. The number of hydrogen-bond acceptors (Lipinski definition) is 3. The molecule has 1 aliphatic rings. The summed E-state index contributed by atoms with van der Waals surface area (Å²) in [6.07, 6.45) is 2.26. The Hall–Kier alpha value is -2.29. The van der Waals surface area contributed by atoms with Gasteiger partial charge in [0.05, 0.1) is 13.7 Å². The third-order valence-electron chi connectivity index (χ3n) is 5.29. The second-order valence-corrected chi connectivity index (χ2v) is 7.37. The van der Waals surface area contributed by atoms with E-state index in [0.717, 1.165) is 49.7 Å². The minimum absolute atomic E-state index is 0. The normalized spacial score (nSPS) is 13.1. The van der Waals surface area contributed by atoms with Crippen molar-refractivity contribution >= 4 is 35.8 Å². The Morgan fingerprint density at radius 1 is 1.10 bits per heavy atom. The summed E-state index contributed by atoms with van der Waals surface area (Å²) >= 11 is 0. The van der Waals surface area contributed by atoms with E-state index in [9.17, 15) is 4.79 Å². The molecule has 0 spiro atoms. The van der Waals surface area contributed by atoms with Crippen molar-refractivity contribution in [3.05, 3.63) is 65.2 Å². The number of benzene rings is 2. The van der Waals surface area contributed by atoms with Crippen LogP contribution < -0.4 is 15.4 Å². The van der Waals surface area contributed by atoms with Crippen LogP contribution in [-0.4, -0.2) is 43.5 Å². The van der Waals surface area contributed by atoms with Crippen molar-refractivity contribution in [2.24, 2.45) is 4.99 Å². The Bertz CT molecular complexity index is 872. The maximum absolute atomic E-state index is 12.6. The molecule has 0 bridgehead atoms. The van der Waals surface area contributed by atoms with E-state index in [1.165, 1.54) is 11.1 Å². The number of amides is 1. The fourth-order valence-electron chi connectivity index (χ4n) is 3.65. The van der Waals surface area contributed by atoms with Crippen LogP contribution in [0, 0.1) is 0 Å². The highest BCUT2D eigenvalue weighted by Gasteiger charge is 2.19. The van der Waals surface area contributed by atoms with Gasteiger partial charge in [0.1, 0.15) is 5.75 Å². The molecule has 2 aromatic rings. The summed E-state index contributed by atoms with van der Waals surface area (Å²) in [7, 11) is 1.67. The van der Waals surface area contributed by atoms with Crippen molar-refractivity contribution in [3.8, 4) is 5.75 Å². The minimum Gasteiger partial charge on any atom is -0.496 e. The van der Waals surface area contributed by atoms with Gasteiger partial charge in [0.2, 0.25) is 5.91 Å². The molecule has 6 nitrogen and oxygen atoms in total. The van der Waals surface area contributed by atoms with Crippen molar-refractivity contribution in [1.82, 2.24) is 15.5 Å². The van der Waals surface area contributed by atoms with E-state index in [0.29, 0.717) is 19.5 Å². The number of aliphatic imine (C=N–C) groups is 1. The molecule has 1 amide bonds. The largest absolute Gasteiger partial charge is 0.496 e. The maximum atomic E-state index is 12.6. The van der Waals surface area contributed by atoms with Crippen LogP contribution in [-0.2, 0) is 24.3 Å². The molecule has 3 rings (SSSR count). The number of hydrogen-bond donors (Lipinski definition) is 2. The lowest BCUT2D eigenvalue weighted by Crippen LogP contribution is -2.39. The number of ether oxygens (including phenoxy) is 1. The molecule has 0 fully saturated rings. The number of guanidine groups is 1. The van der Waals surface area contributed by atoms with Crippen LogP contribution in [0.3, 0.4) is 0 Å². The highest BCUT2D eigenvalue weighted by atomic mass is 127. The zero-order valence-corrected chi connectivity index (χ0v) is 20.7. The Labute approximate surface area is 202 Å². The van der Waals surface area contributed by atoms with Crippen molar-refractivity contribution in [1.29, 1.82) is 0 Å². The summed E-state index contributed by atoms with van der Waals surface area (Å²) in [6.45, 7) is 5.60. The summed E-state index contributed by atoms with van der Waals surface area (Å²) in [5, 5.41) is 6.59. The van der Waals surface area contributed by atoms with Gasteiger partial charge in [-0.3, -0.25) is 4.79 Å². The molecule has 1 aliphatic heterocycles. The molecule has 31 heavy (non-hydrogen) atoms. The number of para-hydroxylation sites is 1. The van der Waals surface area contributed by atoms with E-state index in [2.05, 4.69) is 33.8 Å². The van der Waals surface area contributed by atoms with E-state index in [1.807, 2.05) is 42.2 Å². The molecule has 0 saturated carbocycles. The fourth-order valence-corrected chi connectivity index (χ4v) is 3.65. The molecular weight excluding hydrogens is 503 g/mol. The molecular formula is C24H33IN4O2. The first-order valence-corrected chi connectivity index (χ1v) is 10.7. The summed E-state index contributed by atoms with van der Waals surface area (Å²) in [6, 6.07) is 16.3. The summed E-state index contributed by atoms with van der Waals surface area (Å²) < 4.78 is 5.39. The fraction of sp³-hybridized carbons (Fsp3) is 0.417. The van der Waals surface area contributed by atoms with Crippen molar-refractivity contribution in [3.63, 3.8) is 0 Å². The number of carbonyl (C=O) groups is 1. The van der Waals surface area contributed by atoms with Gasteiger partial charge in [0, 0.05) is 38.2 Å². The van der Waals surface area contributed by atoms with E-state index in [-0.39, 0.29) is 29.9 Å². The van der Waals surface area contributed by atoms with Crippen LogP contribution in [0.25, 0.3) is 0 Å². The second-order valence-electron chi connectivity index (χ2n) is 7.37. The van der Waals surface area contributed by atoms with Gasteiger partial charge in [0.25, 0.3) is 0 Å². The van der Waals surface area contributed by atoms with Gasteiger partial charge in [-0.25, -0.2) is 4.99 Å². The van der Waals surface area contributed by atoms with Gasteiger partial charge < -0.3 is 20.3 Å². The van der Waals surface area contributed by atoms with Crippen molar-refractivity contribution in [2.45, 2.75) is 39.3 Å². The van der Waals surface area contributed by atoms with Gasteiger partial charge in [0.15, 0.2) is 5.96 Å². The van der Waals surface area contributed by atoms with Crippen molar-refractivity contribution < 1.29 is 9.53 Å². The maximum Gasteiger partial charge on any atom is 0.222 e. The lowest BCUT2D eigenvalue weighted by atomic mass is 9.99. The number of carbonyl (C=O) groups excluding carboxylic acids is 1. The molecule has 0 atom stereocenters. The Balaban J connectivity index is 0.00000341. The molecule has 2 aromatic carbocycles. The molecule has 7 heteroatoms. The molecule has 0 radical (unpaired) electrons. The Kier molecular flexibility index (Phi) is 10.6. The number of rotatable bonds is 8. The highest BCUT2D eigenvalue weighted by Crippen LogP contribution is 2.19. The van der Waals surface area contributed by atoms with Gasteiger partial charge in [-0.1, -0.05) is 42.5 Å². The third kappa shape index (κ3) is 7.41. The average molecular weight is 536 g/mol. The molecule has 1 heterocycles. The van der Waals surface area contributed by atoms with Crippen LogP contribution in [0.15, 0.2) is 53.5 Å². The number of methoxy groups -OCH3 is 1. The first kappa shape index (κ1) is 25.0. The lowest BCUT2D eigenvalue weighted by Gasteiger charge is -2.29. The highest BCUT2D eigenvalue weighted by molar-refractivity contribution is 14.0. The number of nitrogens with one attached hydrogen (secondary N) is 2. The van der Waals surface area contributed by atoms with E-state index >= 15 is 0 Å². The lowest BCUT2D eigenvalue weighted by molar-refractivity contribution is -0.132. The first-order chi connectivity index (χ1) is 14.7. The number of fused-ring (bicyclic) bond motifs is 1. The second kappa shape index (κ2) is 13.2. The SMILES string of the molecule is CCNC(=NCc1ccccc1OC)NCCCC(=O)N1CCc2ccccc2C1.I. The van der Waals surface area contributed by atoms with Gasteiger partial charge in [-0.15, -0.1) is 24.0 Å². The van der Waals surface area contributed by atoms with Crippen LogP contribution in [0.4, 0.5) is 0 Å². The number of halogens is 1. The zero-order valence-electron chi connectivity index (χ0n) is 18.4. The topological polar surface area (TPSA) is 66.0 Å². The van der Waals surface area contributed by atoms with Gasteiger partial charge in [-0.2, -0.15) is 0 Å². The average Bonchev–Trinajstić information content (AvgIpc) is 2.79. The van der Waals surface area contributed by atoms with Crippen molar-refractivity contribution in [2.75, 3.05) is 26.7 Å². The summed E-state index contributed by atoms with van der Waals surface area (Å²) in [5.41, 5.74) is 3.68. The Morgan fingerprint density at radius 2 is 1.84 bits per heavy atom. The van der Waals surface area contributed by atoms with Crippen LogP contribution in [0.5, 0.6) is 5.75 Å². The molecule has 0 unspecified atom stereocenters. The van der Waals surface area contributed by atoms with E-state index in [4.69, 9.17) is 4.74 Å². The standard InChI is InChI=1S/C24H32N4O2.HI/c1-3-25-24(27-17-20-10-6-7-12-22(20)30-2)26-15-8-13-23(29)28-16-14-19-9-4-5-11-21(19)18-28;/h4-7,9-12H,3,8,13-18H2,1-2H3,(H2,25,26,27);1H. The molecule has 0 aromatic heterocycles. The van der Waals surface area contributed by atoms with Gasteiger partial charge in [-0.05, 0) is 37.0 Å². The quantitative estimate of drug-likeness (QED) is 0.234. The Morgan fingerprint density at radius 3 is 2.61 bits per heavy atom. The first-order valence-electron chi connectivity index (χ1n) is 10.7. The van der Waals surface area contributed by atoms with Gasteiger partial charge >= 0.3 is 0 Å². The minimum atomic E-state index is 0. The zero-order chi connectivity index (χ0) is 21.2. The van der Waals surface area contributed by atoms with Crippen LogP contribution in [0.2, 0.25) is 0 Å². The van der Waals surface area contributed by atoms with Crippen LogP contribution >= 0.6 is 24.0 Å². The molecule has 2 N–H and O–H groups in total. The van der Waals surface area contributed by atoms with E-state index < -0.39 is 0 Å². The smallest absolute Gasteiger partial charge is 0.222 e. The summed E-state index contributed by atoms with van der Waals surface area (Å²) in [4.78, 5) is 19.2. The number of nitrogens with zero attached hydrogens (tertiary/aromatic N) is 2. The third-order valence-corrected chi connectivity index (χ3v) is 5.29.